The summed E-state index contributed by atoms with van der Waals surface area (Å²) in [6.45, 7) is 3.11. The Bertz CT molecular complexity index is 523. The van der Waals surface area contributed by atoms with Gasteiger partial charge in [-0.05, 0) is 12.1 Å². The zero-order chi connectivity index (χ0) is 11.6. The molecule has 7 heteroatoms. The van der Waals surface area contributed by atoms with E-state index in [0.717, 1.165) is 6.07 Å². The molecule has 0 bridgehead atoms. The van der Waals surface area contributed by atoms with Gasteiger partial charge in [-0.1, -0.05) is 22.5 Å². The Labute approximate surface area is 94.6 Å². The van der Waals surface area contributed by atoms with Crippen LogP contribution >= 0.6 is 15.9 Å². The van der Waals surface area contributed by atoms with E-state index >= 15 is 0 Å². The molecule has 0 N–H and O–H groups in total. The summed E-state index contributed by atoms with van der Waals surface area (Å²) in [5.41, 5.74) is -0.468. The van der Waals surface area contributed by atoms with Crippen LogP contribution in [-0.2, 0) is 9.84 Å². The van der Waals surface area contributed by atoms with Crippen molar-refractivity contribution in [1.29, 1.82) is 0 Å². The van der Waals surface area contributed by atoms with Crippen LogP contribution in [0.4, 0.5) is 5.69 Å². The second-order valence-corrected chi connectivity index (χ2v) is 5.36. The fourth-order valence-corrected chi connectivity index (χ4v) is 2.17. The summed E-state index contributed by atoms with van der Waals surface area (Å²) in [6, 6.07) is 3.72. The first-order chi connectivity index (χ1) is 6.88. The molecule has 0 unspecified atom stereocenters. The molecule has 0 atom stereocenters. The van der Waals surface area contributed by atoms with Crippen molar-refractivity contribution in [1.82, 2.24) is 0 Å². The summed E-state index contributed by atoms with van der Waals surface area (Å²) in [4.78, 5) is 9.52. The Morgan fingerprint density at radius 2 is 2.07 bits per heavy atom. The lowest BCUT2D eigenvalue weighted by Gasteiger charge is -2.00. The predicted molar refractivity (Wildman–Crippen MR) is 58.2 cm³/mol. The van der Waals surface area contributed by atoms with Gasteiger partial charge in [0.05, 0.1) is 4.92 Å². The van der Waals surface area contributed by atoms with Crippen LogP contribution in [0.2, 0.25) is 0 Å². The van der Waals surface area contributed by atoms with Crippen LogP contribution < -0.4 is 0 Å². The summed E-state index contributed by atoms with van der Waals surface area (Å²) < 4.78 is 23.2. The highest BCUT2D eigenvalue weighted by Gasteiger charge is 2.23. The molecule has 1 aromatic carbocycles. The number of hydrogen-bond donors (Lipinski definition) is 0. The van der Waals surface area contributed by atoms with Crippen molar-refractivity contribution in [2.75, 3.05) is 0 Å². The number of sulfone groups is 1. The van der Waals surface area contributed by atoms with Crippen LogP contribution in [0.5, 0.6) is 0 Å². The zero-order valence-electron chi connectivity index (χ0n) is 7.38. The molecule has 1 rings (SSSR count). The maximum Gasteiger partial charge on any atom is 0.289 e. The molecule has 5 nitrogen and oxygen atoms in total. The van der Waals surface area contributed by atoms with Gasteiger partial charge >= 0.3 is 0 Å². The maximum atomic E-state index is 11.4. The Morgan fingerprint density at radius 3 is 2.53 bits per heavy atom. The number of halogens is 1. The van der Waals surface area contributed by atoms with Crippen molar-refractivity contribution >= 4 is 31.5 Å². The fourth-order valence-electron chi connectivity index (χ4n) is 0.964. The van der Waals surface area contributed by atoms with Gasteiger partial charge in [0.15, 0.2) is 0 Å². The summed E-state index contributed by atoms with van der Waals surface area (Å²) in [5, 5.41) is 11.3. The molecule has 1 aromatic rings. The standard InChI is InChI=1S/C8H6BrNO4S/c1-2-15(13,14)8-4-3-6(9)5-7(8)10(11)12/h2-5H,1H2. The zero-order valence-corrected chi connectivity index (χ0v) is 9.79. The largest absolute Gasteiger partial charge is 0.289 e. The molecule has 15 heavy (non-hydrogen) atoms. The lowest BCUT2D eigenvalue weighted by molar-refractivity contribution is -0.387. The van der Waals surface area contributed by atoms with Crippen molar-refractivity contribution < 1.29 is 13.3 Å². The molecule has 0 spiro atoms. The van der Waals surface area contributed by atoms with Crippen LogP contribution in [0.1, 0.15) is 0 Å². The molecule has 0 saturated carbocycles. The van der Waals surface area contributed by atoms with E-state index in [1.807, 2.05) is 0 Å². The first-order valence-electron chi connectivity index (χ1n) is 3.70. The summed E-state index contributed by atoms with van der Waals surface area (Å²) in [5.74, 6) is 0. The average Bonchev–Trinajstić information content (AvgIpc) is 2.17. The van der Waals surface area contributed by atoms with Crippen LogP contribution in [0.15, 0.2) is 39.6 Å². The third-order valence-electron chi connectivity index (χ3n) is 1.64. The molecule has 0 aliphatic heterocycles. The molecular weight excluding hydrogens is 286 g/mol. The summed E-state index contributed by atoms with van der Waals surface area (Å²) in [6.07, 6.45) is 0. The van der Waals surface area contributed by atoms with Gasteiger partial charge in [0.25, 0.3) is 5.69 Å². The summed E-state index contributed by atoms with van der Waals surface area (Å²) >= 11 is 3.03. The highest BCUT2D eigenvalue weighted by Crippen LogP contribution is 2.28. The van der Waals surface area contributed by atoms with Crippen molar-refractivity contribution in [3.63, 3.8) is 0 Å². The lowest BCUT2D eigenvalue weighted by Crippen LogP contribution is -2.01. The molecule has 80 valence electrons. The third-order valence-corrected chi connectivity index (χ3v) is 3.53. The van der Waals surface area contributed by atoms with Crippen molar-refractivity contribution in [2.24, 2.45) is 0 Å². The second kappa shape index (κ2) is 4.11. The number of hydrogen-bond acceptors (Lipinski definition) is 4. The van der Waals surface area contributed by atoms with Crippen LogP contribution in [-0.4, -0.2) is 13.3 Å². The minimum Gasteiger partial charge on any atom is -0.258 e. The molecule has 0 aliphatic carbocycles. The Kier molecular flexibility index (Phi) is 3.25. The van der Waals surface area contributed by atoms with Gasteiger partial charge in [0.2, 0.25) is 9.84 Å². The van der Waals surface area contributed by atoms with Crippen LogP contribution in [0.25, 0.3) is 0 Å². The van der Waals surface area contributed by atoms with Gasteiger partial charge in [0, 0.05) is 15.9 Å². The molecule has 0 saturated heterocycles. The van der Waals surface area contributed by atoms with Crippen LogP contribution in [0, 0.1) is 10.1 Å². The Hall–Kier alpha value is -1.21. The quantitative estimate of drug-likeness (QED) is 0.632. The molecular formula is C8H6BrNO4S. The van der Waals surface area contributed by atoms with Crippen molar-refractivity contribution in [3.8, 4) is 0 Å². The smallest absolute Gasteiger partial charge is 0.258 e. The number of nitro groups is 1. The Morgan fingerprint density at radius 1 is 1.47 bits per heavy atom. The first-order valence-corrected chi connectivity index (χ1v) is 6.04. The topological polar surface area (TPSA) is 77.3 Å². The minimum atomic E-state index is -3.79. The third kappa shape index (κ3) is 2.42. The van der Waals surface area contributed by atoms with E-state index < -0.39 is 20.4 Å². The van der Waals surface area contributed by atoms with Crippen molar-refractivity contribution in [3.05, 3.63) is 44.8 Å². The molecule has 0 heterocycles. The number of benzene rings is 1. The van der Waals surface area contributed by atoms with E-state index in [1.54, 1.807) is 0 Å². The fraction of sp³-hybridized carbons (Fsp3) is 0. The Balaban J connectivity index is 3.56. The SMILES string of the molecule is C=CS(=O)(=O)c1ccc(Br)cc1[N+](=O)[O-]. The maximum absolute atomic E-state index is 11.4. The molecule has 0 aliphatic rings. The number of rotatable bonds is 3. The minimum absolute atomic E-state index is 0.356. The van der Waals surface area contributed by atoms with E-state index in [1.165, 1.54) is 12.1 Å². The van der Waals surface area contributed by atoms with E-state index in [-0.39, 0.29) is 4.90 Å². The van der Waals surface area contributed by atoms with Gasteiger partial charge in [-0.15, -0.1) is 0 Å². The van der Waals surface area contributed by atoms with Crippen molar-refractivity contribution in [2.45, 2.75) is 4.90 Å². The van der Waals surface area contributed by atoms with Gasteiger partial charge < -0.3 is 0 Å². The van der Waals surface area contributed by atoms with E-state index in [4.69, 9.17) is 0 Å². The van der Waals surface area contributed by atoms with E-state index in [2.05, 4.69) is 22.5 Å². The highest BCUT2D eigenvalue weighted by atomic mass is 79.9. The number of nitrogens with zero attached hydrogens (tertiary/aromatic N) is 1. The normalized spacial score (nSPS) is 11.0. The lowest BCUT2D eigenvalue weighted by atomic mass is 10.3. The van der Waals surface area contributed by atoms with Gasteiger partial charge in [-0.2, -0.15) is 0 Å². The molecule has 0 aromatic heterocycles. The summed E-state index contributed by atoms with van der Waals surface area (Å²) in [7, 11) is -3.79. The molecule has 0 amide bonds. The van der Waals surface area contributed by atoms with Gasteiger partial charge in [-0.3, -0.25) is 10.1 Å². The first kappa shape index (κ1) is 11.9. The number of nitro benzene ring substituents is 1. The highest BCUT2D eigenvalue weighted by molar-refractivity contribution is 9.10. The predicted octanol–water partition coefficient (Wildman–Crippen LogP) is 2.27. The van der Waals surface area contributed by atoms with Crippen LogP contribution in [0.3, 0.4) is 0 Å². The monoisotopic (exact) mass is 291 g/mol. The second-order valence-electron chi connectivity index (χ2n) is 2.58. The molecule has 0 radical (unpaired) electrons. The molecule has 0 fully saturated rings. The van der Waals surface area contributed by atoms with Gasteiger partial charge in [0.1, 0.15) is 4.90 Å². The average molecular weight is 292 g/mol. The van der Waals surface area contributed by atoms with E-state index in [9.17, 15) is 18.5 Å². The van der Waals surface area contributed by atoms with E-state index in [0.29, 0.717) is 9.88 Å². The van der Waals surface area contributed by atoms with Gasteiger partial charge in [-0.25, -0.2) is 8.42 Å².